The summed E-state index contributed by atoms with van der Waals surface area (Å²) in [5.41, 5.74) is 4.35. The van der Waals surface area contributed by atoms with Crippen LogP contribution in [0.15, 0.2) is 17.8 Å². The number of halogens is 1. The van der Waals surface area contributed by atoms with E-state index in [0.717, 1.165) is 17.8 Å². The molecule has 0 unspecified atom stereocenters. The minimum Gasteiger partial charge on any atom is -0.358 e. The van der Waals surface area contributed by atoms with Crippen molar-refractivity contribution in [3.05, 3.63) is 29.1 Å². The monoisotopic (exact) mass is 313 g/mol. The maximum Gasteiger partial charge on any atom is 0.187 e. The molecule has 0 fully saturated rings. The summed E-state index contributed by atoms with van der Waals surface area (Å²) < 4.78 is 1.79. The van der Waals surface area contributed by atoms with Gasteiger partial charge < -0.3 is 5.32 Å². The van der Waals surface area contributed by atoms with Crippen molar-refractivity contribution in [1.29, 1.82) is 0 Å². The molecule has 1 aromatic rings. The van der Waals surface area contributed by atoms with E-state index in [2.05, 4.69) is 41.4 Å². The molecule has 0 aliphatic carbocycles. The van der Waals surface area contributed by atoms with Gasteiger partial charge in [0.25, 0.3) is 0 Å². The van der Waals surface area contributed by atoms with Crippen LogP contribution in [0.25, 0.3) is 0 Å². The zero-order chi connectivity index (χ0) is 15.1. The first-order chi connectivity index (χ1) is 9.45. The first-order valence-electron chi connectivity index (χ1n) is 6.36. The minimum absolute atomic E-state index is 0.435. The van der Waals surface area contributed by atoms with Gasteiger partial charge >= 0.3 is 0 Å². The maximum atomic E-state index is 6.29. The highest BCUT2D eigenvalue weighted by Gasteiger charge is 2.12. The lowest BCUT2D eigenvalue weighted by Crippen LogP contribution is -2.31. The third-order valence-corrected chi connectivity index (χ3v) is 3.05. The predicted octanol–water partition coefficient (Wildman–Crippen LogP) is 2.48. The molecule has 0 saturated carbocycles. The number of hydrazone groups is 1. The molecule has 2 N–H and O–H groups in total. The van der Waals surface area contributed by atoms with Crippen LogP contribution in [0.1, 0.15) is 25.1 Å². The van der Waals surface area contributed by atoms with E-state index in [0.29, 0.717) is 22.7 Å². The molecule has 5 nitrogen and oxygen atoms in total. The Labute approximate surface area is 130 Å². The van der Waals surface area contributed by atoms with Crippen LogP contribution in [0.5, 0.6) is 0 Å². The molecule has 0 bridgehead atoms. The number of hydrogen-bond donors (Lipinski definition) is 2. The second-order valence-electron chi connectivity index (χ2n) is 4.73. The smallest absolute Gasteiger partial charge is 0.187 e. The zero-order valence-corrected chi connectivity index (χ0v) is 13.6. The van der Waals surface area contributed by atoms with Crippen molar-refractivity contribution >= 4 is 35.1 Å². The Kier molecular flexibility index (Phi) is 6.67. The molecule has 0 aliphatic rings. The van der Waals surface area contributed by atoms with Gasteiger partial charge in [-0.05, 0) is 25.1 Å². The topological polar surface area (TPSA) is 54.2 Å². The van der Waals surface area contributed by atoms with Gasteiger partial charge in [-0.25, -0.2) is 0 Å². The molecular formula is C13H20ClN5S. The fourth-order valence-electron chi connectivity index (χ4n) is 1.54. The van der Waals surface area contributed by atoms with Crippen LogP contribution in [0.2, 0.25) is 5.15 Å². The van der Waals surface area contributed by atoms with Gasteiger partial charge in [0.15, 0.2) is 5.11 Å². The molecule has 7 heteroatoms. The van der Waals surface area contributed by atoms with Gasteiger partial charge in [-0.2, -0.15) is 10.2 Å². The third kappa shape index (κ3) is 4.94. The molecule has 20 heavy (non-hydrogen) atoms. The first kappa shape index (κ1) is 16.7. The standard InChI is InChI=1S/C13H20ClN5S/c1-5-6-15-13(20)17-16-7-11-10(4)18-19(12(11)14)8-9(2)3/h5,7,9H,1,6,8H2,2-4H3,(H2,15,17,20)/b16-7-. The van der Waals surface area contributed by atoms with Crippen LogP contribution >= 0.6 is 23.8 Å². The van der Waals surface area contributed by atoms with Crippen molar-refractivity contribution in [1.82, 2.24) is 20.5 Å². The van der Waals surface area contributed by atoms with E-state index in [4.69, 9.17) is 23.8 Å². The Morgan fingerprint density at radius 1 is 1.60 bits per heavy atom. The van der Waals surface area contributed by atoms with Crippen molar-refractivity contribution in [2.24, 2.45) is 11.0 Å². The largest absolute Gasteiger partial charge is 0.358 e. The van der Waals surface area contributed by atoms with Crippen LogP contribution in [0, 0.1) is 12.8 Å². The molecule has 0 spiro atoms. The quantitative estimate of drug-likeness (QED) is 0.367. The average Bonchev–Trinajstić information content (AvgIpc) is 2.63. The lowest BCUT2D eigenvalue weighted by atomic mass is 10.2. The highest BCUT2D eigenvalue weighted by molar-refractivity contribution is 7.80. The van der Waals surface area contributed by atoms with E-state index in [1.54, 1.807) is 17.0 Å². The molecule has 1 rings (SSSR count). The minimum atomic E-state index is 0.435. The molecule has 1 heterocycles. The van der Waals surface area contributed by atoms with Crippen LogP contribution < -0.4 is 10.7 Å². The predicted molar refractivity (Wildman–Crippen MR) is 88.3 cm³/mol. The highest BCUT2D eigenvalue weighted by Crippen LogP contribution is 2.18. The molecule has 0 aromatic carbocycles. The zero-order valence-electron chi connectivity index (χ0n) is 12.0. The number of nitrogens with one attached hydrogen (secondary N) is 2. The van der Waals surface area contributed by atoms with Gasteiger partial charge in [-0.15, -0.1) is 6.58 Å². The number of aryl methyl sites for hydroxylation is 1. The molecule has 0 amide bonds. The highest BCUT2D eigenvalue weighted by atomic mass is 35.5. The summed E-state index contributed by atoms with van der Waals surface area (Å²) in [7, 11) is 0. The van der Waals surface area contributed by atoms with Crippen molar-refractivity contribution in [3.8, 4) is 0 Å². The van der Waals surface area contributed by atoms with Gasteiger partial charge in [-0.1, -0.05) is 31.5 Å². The van der Waals surface area contributed by atoms with E-state index in [1.807, 2.05) is 6.92 Å². The lowest BCUT2D eigenvalue weighted by molar-refractivity contribution is 0.482. The van der Waals surface area contributed by atoms with Gasteiger partial charge in [0.1, 0.15) is 5.15 Å². The summed E-state index contributed by atoms with van der Waals surface area (Å²) in [6.45, 7) is 11.1. The summed E-state index contributed by atoms with van der Waals surface area (Å²) in [6.07, 6.45) is 3.35. The van der Waals surface area contributed by atoms with Gasteiger partial charge in [-0.3, -0.25) is 10.1 Å². The number of thiocarbonyl (C=S) groups is 1. The summed E-state index contributed by atoms with van der Waals surface area (Å²) in [5, 5.41) is 12.4. The van der Waals surface area contributed by atoms with E-state index in [-0.39, 0.29) is 0 Å². The van der Waals surface area contributed by atoms with Crippen molar-refractivity contribution in [3.63, 3.8) is 0 Å². The van der Waals surface area contributed by atoms with E-state index in [9.17, 15) is 0 Å². The maximum absolute atomic E-state index is 6.29. The SMILES string of the molecule is C=CCNC(=S)N/N=C\c1c(C)nn(CC(C)C)c1Cl. The number of hydrogen-bond acceptors (Lipinski definition) is 3. The fourth-order valence-corrected chi connectivity index (χ4v) is 1.97. The van der Waals surface area contributed by atoms with Crippen molar-refractivity contribution in [2.45, 2.75) is 27.3 Å². The second kappa shape index (κ2) is 8.01. The Hall–Kier alpha value is -1.40. The van der Waals surface area contributed by atoms with Crippen molar-refractivity contribution < 1.29 is 0 Å². The summed E-state index contributed by atoms with van der Waals surface area (Å²) in [5.74, 6) is 0.477. The van der Waals surface area contributed by atoms with E-state index in [1.165, 1.54) is 0 Å². The molecule has 110 valence electrons. The number of aromatic nitrogens is 2. The fraction of sp³-hybridized carbons (Fsp3) is 0.462. The lowest BCUT2D eigenvalue weighted by Gasteiger charge is -2.05. The molecule has 0 radical (unpaired) electrons. The van der Waals surface area contributed by atoms with Gasteiger partial charge in [0.2, 0.25) is 0 Å². The van der Waals surface area contributed by atoms with Gasteiger partial charge in [0, 0.05) is 13.1 Å². The summed E-state index contributed by atoms with van der Waals surface area (Å²) in [4.78, 5) is 0. The van der Waals surface area contributed by atoms with Gasteiger partial charge in [0.05, 0.1) is 17.5 Å². The van der Waals surface area contributed by atoms with Crippen LogP contribution in [-0.2, 0) is 6.54 Å². The summed E-state index contributed by atoms with van der Waals surface area (Å²) in [6, 6.07) is 0. The Balaban J connectivity index is 2.70. The molecule has 1 aromatic heterocycles. The van der Waals surface area contributed by atoms with Crippen LogP contribution in [0.4, 0.5) is 0 Å². The van der Waals surface area contributed by atoms with Crippen LogP contribution in [-0.4, -0.2) is 27.7 Å². The molecule has 0 saturated heterocycles. The van der Waals surface area contributed by atoms with Crippen molar-refractivity contribution in [2.75, 3.05) is 6.54 Å². The Bertz CT molecular complexity index is 507. The first-order valence-corrected chi connectivity index (χ1v) is 7.15. The Morgan fingerprint density at radius 2 is 2.30 bits per heavy atom. The molecule has 0 aliphatic heterocycles. The van der Waals surface area contributed by atoms with E-state index >= 15 is 0 Å². The number of rotatable bonds is 6. The normalized spacial score (nSPS) is 11.1. The van der Waals surface area contributed by atoms with E-state index < -0.39 is 0 Å². The molecule has 0 atom stereocenters. The number of nitrogens with zero attached hydrogens (tertiary/aromatic N) is 3. The summed E-state index contributed by atoms with van der Waals surface area (Å²) >= 11 is 11.3. The third-order valence-electron chi connectivity index (χ3n) is 2.41. The molecular weight excluding hydrogens is 294 g/mol. The second-order valence-corrected chi connectivity index (χ2v) is 5.50. The van der Waals surface area contributed by atoms with Crippen LogP contribution in [0.3, 0.4) is 0 Å². The average molecular weight is 314 g/mol. The Morgan fingerprint density at radius 3 is 2.90 bits per heavy atom.